The largest absolute Gasteiger partial charge is 0.478 e. The maximum absolute atomic E-state index is 10.7. The topological polar surface area (TPSA) is 40.5 Å². The molecule has 0 radical (unpaired) electrons. The monoisotopic (exact) mass is 259 g/mol. The first-order valence-electron chi connectivity index (χ1n) is 6.94. The number of allylic oxidation sites excluding steroid dienone is 1. The van der Waals surface area contributed by atoms with Gasteiger partial charge in [-0.05, 0) is 44.7 Å². The van der Waals surface area contributed by atoms with Crippen molar-refractivity contribution >= 4 is 11.7 Å². The van der Waals surface area contributed by atoms with Crippen molar-refractivity contribution in [2.24, 2.45) is 0 Å². The summed E-state index contributed by atoms with van der Waals surface area (Å²) < 4.78 is 0. The molecule has 1 aliphatic rings. The zero-order valence-corrected chi connectivity index (χ0v) is 11.4. The number of benzene rings is 1. The lowest BCUT2D eigenvalue weighted by molar-refractivity contribution is -0.131. The number of hydrogen-bond acceptors (Lipinski definition) is 2. The van der Waals surface area contributed by atoms with E-state index >= 15 is 0 Å². The molecular weight excluding hydrogens is 238 g/mol. The van der Waals surface area contributed by atoms with Gasteiger partial charge in [-0.2, -0.15) is 0 Å². The first-order chi connectivity index (χ1) is 9.20. The minimum absolute atomic E-state index is 0.526. The lowest BCUT2D eigenvalue weighted by atomic mass is 9.89. The van der Waals surface area contributed by atoms with E-state index in [0.717, 1.165) is 37.8 Å². The molecule has 19 heavy (non-hydrogen) atoms. The molecule has 3 heteroatoms. The Morgan fingerprint density at radius 3 is 2.47 bits per heavy atom. The summed E-state index contributed by atoms with van der Waals surface area (Å²) in [6, 6.07) is 11.0. The van der Waals surface area contributed by atoms with Gasteiger partial charge in [-0.15, -0.1) is 0 Å². The second-order valence-corrected chi connectivity index (χ2v) is 4.99. The molecule has 0 bridgehead atoms. The molecule has 2 rings (SSSR count). The molecule has 0 unspecified atom stereocenters. The first kappa shape index (κ1) is 13.7. The highest BCUT2D eigenvalue weighted by molar-refractivity contribution is 5.80. The molecule has 0 heterocycles. The Balaban J connectivity index is 2.02. The SMILES string of the molecule is CCN(c1ccccc1)C1CCC(=CC(=O)O)CC1. The van der Waals surface area contributed by atoms with Crippen LogP contribution in [-0.4, -0.2) is 23.7 Å². The number of aliphatic carboxylic acids is 1. The molecule has 1 saturated carbocycles. The highest BCUT2D eigenvalue weighted by Crippen LogP contribution is 2.29. The Bertz CT molecular complexity index is 443. The molecule has 0 amide bonds. The maximum Gasteiger partial charge on any atom is 0.328 e. The molecule has 0 atom stereocenters. The number of carboxylic acids is 1. The summed E-state index contributed by atoms with van der Waals surface area (Å²) >= 11 is 0. The van der Waals surface area contributed by atoms with Crippen LogP contribution in [0.25, 0.3) is 0 Å². The van der Waals surface area contributed by atoms with Gasteiger partial charge in [0.2, 0.25) is 0 Å². The molecule has 0 aliphatic heterocycles. The van der Waals surface area contributed by atoms with E-state index in [4.69, 9.17) is 5.11 Å². The van der Waals surface area contributed by atoms with E-state index in [0.29, 0.717) is 6.04 Å². The Morgan fingerprint density at radius 2 is 1.95 bits per heavy atom. The first-order valence-corrected chi connectivity index (χ1v) is 6.94. The zero-order chi connectivity index (χ0) is 13.7. The quantitative estimate of drug-likeness (QED) is 0.842. The van der Waals surface area contributed by atoms with Gasteiger partial charge in [0.05, 0.1) is 0 Å². The third-order valence-corrected chi connectivity index (χ3v) is 3.79. The molecule has 1 aromatic carbocycles. The molecule has 1 fully saturated rings. The van der Waals surface area contributed by atoms with Gasteiger partial charge in [0.1, 0.15) is 0 Å². The molecule has 3 nitrogen and oxygen atoms in total. The Morgan fingerprint density at radius 1 is 1.32 bits per heavy atom. The smallest absolute Gasteiger partial charge is 0.328 e. The fourth-order valence-electron chi connectivity index (χ4n) is 2.88. The van der Waals surface area contributed by atoms with Gasteiger partial charge in [0.15, 0.2) is 0 Å². The number of hydrogen-bond donors (Lipinski definition) is 1. The summed E-state index contributed by atoms with van der Waals surface area (Å²) in [6.45, 7) is 3.17. The van der Waals surface area contributed by atoms with Gasteiger partial charge >= 0.3 is 5.97 Å². The van der Waals surface area contributed by atoms with Crippen LogP contribution >= 0.6 is 0 Å². The van der Waals surface area contributed by atoms with Gasteiger partial charge in [0.25, 0.3) is 0 Å². The van der Waals surface area contributed by atoms with Crippen molar-refractivity contribution in [3.05, 3.63) is 42.0 Å². The van der Waals surface area contributed by atoms with E-state index in [-0.39, 0.29) is 0 Å². The van der Waals surface area contributed by atoms with E-state index < -0.39 is 5.97 Å². The van der Waals surface area contributed by atoms with Gasteiger partial charge in [-0.3, -0.25) is 0 Å². The van der Waals surface area contributed by atoms with Crippen molar-refractivity contribution in [1.29, 1.82) is 0 Å². The van der Waals surface area contributed by atoms with Crippen LogP contribution in [0.3, 0.4) is 0 Å². The van der Waals surface area contributed by atoms with Crippen molar-refractivity contribution in [3.63, 3.8) is 0 Å². The van der Waals surface area contributed by atoms with E-state index in [1.165, 1.54) is 11.8 Å². The normalized spacial score (nSPS) is 19.0. The van der Waals surface area contributed by atoms with Gasteiger partial charge in [0, 0.05) is 24.4 Å². The van der Waals surface area contributed by atoms with Gasteiger partial charge < -0.3 is 10.0 Å². The van der Waals surface area contributed by atoms with E-state index in [2.05, 4.69) is 36.1 Å². The highest BCUT2D eigenvalue weighted by Gasteiger charge is 2.22. The van der Waals surface area contributed by atoms with Crippen LogP contribution in [0.1, 0.15) is 32.6 Å². The average molecular weight is 259 g/mol. The number of anilines is 1. The fraction of sp³-hybridized carbons (Fsp3) is 0.438. The zero-order valence-electron chi connectivity index (χ0n) is 11.4. The Kier molecular flexibility index (Phi) is 4.61. The van der Waals surface area contributed by atoms with Crippen LogP contribution < -0.4 is 4.90 Å². The summed E-state index contributed by atoms with van der Waals surface area (Å²) in [5, 5.41) is 8.78. The Labute approximate surface area is 114 Å². The number of para-hydroxylation sites is 1. The van der Waals surface area contributed by atoms with Crippen LogP contribution in [0, 0.1) is 0 Å². The molecule has 1 aliphatic carbocycles. The predicted molar refractivity (Wildman–Crippen MR) is 77.4 cm³/mol. The summed E-state index contributed by atoms with van der Waals surface area (Å²) in [5.74, 6) is -0.816. The lowest BCUT2D eigenvalue weighted by Gasteiger charge is -2.36. The minimum atomic E-state index is -0.816. The van der Waals surface area contributed by atoms with Crippen molar-refractivity contribution in [2.75, 3.05) is 11.4 Å². The number of nitrogens with zero attached hydrogens (tertiary/aromatic N) is 1. The molecule has 0 saturated heterocycles. The van der Waals surface area contributed by atoms with Crippen LogP contribution in [0.2, 0.25) is 0 Å². The number of carbonyl (C=O) groups is 1. The number of rotatable bonds is 4. The van der Waals surface area contributed by atoms with Crippen molar-refractivity contribution in [3.8, 4) is 0 Å². The summed E-state index contributed by atoms with van der Waals surface area (Å²) in [7, 11) is 0. The molecule has 0 spiro atoms. The third-order valence-electron chi connectivity index (χ3n) is 3.79. The third kappa shape index (κ3) is 3.60. The average Bonchev–Trinajstić information content (AvgIpc) is 2.42. The summed E-state index contributed by atoms with van der Waals surface area (Å²) in [4.78, 5) is 13.1. The number of carboxylic acid groups (broad SMARTS) is 1. The molecular formula is C16H21NO2. The van der Waals surface area contributed by atoms with Crippen molar-refractivity contribution in [2.45, 2.75) is 38.6 Å². The van der Waals surface area contributed by atoms with E-state index in [9.17, 15) is 4.79 Å². The van der Waals surface area contributed by atoms with Crippen LogP contribution in [0.4, 0.5) is 5.69 Å². The predicted octanol–water partition coefficient (Wildman–Crippen LogP) is 3.47. The minimum Gasteiger partial charge on any atom is -0.478 e. The molecule has 1 aromatic rings. The van der Waals surface area contributed by atoms with Crippen LogP contribution in [0.5, 0.6) is 0 Å². The van der Waals surface area contributed by atoms with Gasteiger partial charge in [-0.1, -0.05) is 23.8 Å². The van der Waals surface area contributed by atoms with E-state index in [1.807, 2.05) is 6.07 Å². The molecule has 102 valence electrons. The summed E-state index contributed by atoms with van der Waals surface area (Å²) in [5.41, 5.74) is 2.34. The fourth-order valence-corrected chi connectivity index (χ4v) is 2.88. The highest BCUT2D eigenvalue weighted by atomic mass is 16.4. The Hall–Kier alpha value is -1.77. The summed E-state index contributed by atoms with van der Waals surface area (Å²) in [6.07, 6.45) is 5.28. The van der Waals surface area contributed by atoms with Crippen molar-refractivity contribution in [1.82, 2.24) is 0 Å². The van der Waals surface area contributed by atoms with Crippen molar-refractivity contribution < 1.29 is 9.90 Å². The maximum atomic E-state index is 10.7. The molecule has 1 N–H and O–H groups in total. The van der Waals surface area contributed by atoms with Gasteiger partial charge in [-0.25, -0.2) is 4.79 Å². The standard InChI is InChI=1S/C16H21NO2/c1-2-17(14-6-4-3-5-7-14)15-10-8-13(9-11-15)12-16(18)19/h3-7,12,15H,2,8-11H2,1H3,(H,18,19). The van der Waals surface area contributed by atoms with Crippen LogP contribution in [-0.2, 0) is 4.79 Å². The van der Waals surface area contributed by atoms with Crippen LogP contribution in [0.15, 0.2) is 42.0 Å². The second-order valence-electron chi connectivity index (χ2n) is 4.99. The second kappa shape index (κ2) is 6.41. The van der Waals surface area contributed by atoms with E-state index in [1.54, 1.807) is 0 Å². The lowest BCUT2D eigenvalue weighted by Crippen LogP contribution is -2.37. The molecule has 0 aromatic heterocycles.